The van der Waals surface area contributed by atoms with E-state index in [2.05, 4.69) is 4.98 Å². The molecule has 0 aliphatic heterocycles. The topological polar surface area (TPSA) is 12.9 Å². The third-order valence-corrected chi connectivity index (χ3v) is 1.91. The van der Waals surface area contributed by atoms with Crippen molar-refractivity contribution >= 4 is 6.98 Å². The van der Waals surface area contributed by atoms with Crippen molar-refractivity contribution in [3.63, 3.8) is 0 Å². The maximum atomic E-state index is 12.0. The second kappa shape index (κ2) is 6.39. The standard InChI is InChI=1S/C9H12BF3N.K/c1-7(2)9-4-3-8(6-14-9)5-10(11,12)13;/h3-4,6-7H,5H2,1-2H3;/q-1;+1. The molecule has 0 amide bonds. The molecule has 6 heteroatoms. The Morgan fingerprint density at radius 3 is 2.20 bits per heavy atom. The van der Waals surface area contributed by atoms with Gasteiger partial charge in [0, 0.05) is 11.9 Å². The van der Waals surface area contributed by atoms with Gasteiger partial charge in [-0.15, -0.1) is 0 Å². The summed E-state index contributed by atoms with van der Waals surface area (Å²) in [6.07, 6.45) is 0.468. The van der Waals surface area contributed by atoms with Gasteiger partial charge < -0.3 is 12.9 Å². The number of aromatic nitrogens is 1. The second-order valence-electron chi connectivity index (χ2n) is 3.66. The smallest absolute Gasteiger partial charge is 0.449 e. The molecule has 0 N–H and O–H groups in total. The molecule has 0 fully saturated rings. The van der Waals surface area contributed by atoms with Crippen LogP contribution in [0.2, 0.25) is 0 Å². The average molecular weight is 241 g/mol. The fraction of sp³-hybridized carbons (Fsp3) is 0.444. The fourth-order valence-corrected chi connectivity index (χ4v) is 1.17. The molecule has 0 saturated carbocycles. The van der Waals surface area contributed by atoms with Gasteiger partial charge in [0.2, 0.25) is 0 Å². The minimum absolute atomic E-state index is 0. The van der Waals surface area contributed by atoms with Crippen molar-refractivity contribution in [2.45, 2.75) is 26.1 Å². The van der Waals surface area contributed by atoms with Crippen LogP contribution in [0.5, 0.6) is 0 Å². The first kappa shape index (κ1) is 15.6. The third-order valence-electron chi connectivity index (χ3n) is 1.91. The first-order valence-electron chi connectivity index (χ1n) is 4.54. The second-order valence-corrected chi connectivity index (χ2v) is 3.66. The van der Waals surface area contributed by atoms with Crippen LogP contribution >= 0.6 is 0 Å². The first-order chi connectivity index (χ1) is 6.38. The van der Waals surface area contributed by atoms with E-state index < -0.39 is 13.3 Å². The Bertz CT molecular complexity index is 297. The molecule has 0 aliphatic rings. The molecule has 0 unspecified atom stereocenters. The number of halogens is 3. The molecule has 1 nitrogen and oxygen atoms in total. The zero-order valence-corrected chi connectivity index (χ0v) is 12.3. The summed E-state index contributed by atoms with van der Waals surface area (Å²) in [5, 5.41) is 0. The van der Waals surface area contributed by atoms with E-state index in [-0.39, 0.29) is 62.9 Å². The van der Waals surface area contributed by atoms with Crippen LogP contribution in [0.25, 0.3) is 0 Å². The quantitative estimate of drug-likeness (QED) is 0.686. The van der Waals surface area contributed by atoms with Crippen molar-refractivity contribution in [1.82, 2.24) is 4.98 Å². The maximum absolute atomic E-state index is 12.0. The van der Waals surface area contributed by atoms with E-state index in [1.807, 2.05) is 13.8 Å². The number of nitrogens with zero attached hydrogens (tertiary/aromatic N) is 1. The Morgan fingerprint density at radius 2 is 1.87 bits per heavy atom. The van der Waals surface area contributed by atoms with E-state index in [0.29, 0.717) is 0 Å². The maximum Gasteiger partial charge on any atom is 1.00 e. The molecule has 0 radical (unpaired) electrons. The van der Waals surface area contributed by atoms with Crippen LogP contribution in [0.15, 0.2) is 18.3 Å². The fourth-order valence-electron chi connectivity index (χ4n) is 1.17. The van der Waals surface area contributed by atoms with E-state index in [0.717, 1.165) is 5.69 Å². The van der Waals surface area contributed by atoms with Crippen LogP contribution in [0.3, 0.4) is 0 Å². The molecule has 1 rings (SSSR count). The third kappa shape index (κ3) is 6.06. The minimum atomic E-state index is -4.75. The largest absolute Gasteiger partial charge is 1.00 e. The molecule has 1 heterocycles. The van der Waals surface area contributed by atoms with E-state index in [4.69, 9.17) is 0 Å². The Balaban J connectivity index is 0.00000196. The van der Waals surface area contributed by atoms with Crippen molar-refractivity contribution < 1.29 is 64.3 Å². The Hall–Kier alpha value is 0.641. The van der Waals surface area contributed by atoms with Crippen LogP contribution < -0.4 is 51.4 Å². The predicted octanol–water partition coefficient (Wildman–Crippen LogP) is 0.138. The van der Waals surface area contributed by atoms with Crippen LogP contribution in [-0.2, 0) is 6.32 Å². The van der Waals surface area contributed by atoms with Crippen molar-refractivity contribution in [2.24, 2.45) is 0 Å². The average Bonchev–Trinajstić information content (AvgIpc) is 2.02. The molecule has 0 atom stereocenters. The zero-order chi connectivity index (χ0) is 10.8. The number of pyridine rings is 1. The van der Waals surface area contributed by atoms with E-state index >= 15 is 0 Å². The molecule has 78 valence electrons. The predicted molar refractivity (Wildman–Crippen MR) is 51.1 cm³/mol. The van der Waals surface area contributed by atoms with Gasteiger partial charge in [-0.3, -0.25) is 4.98 Å². The summed E-state index contributed by atoms with van der Waals surface area (Å²) < 4.78 is 36.1. The normalized spacial score (nSPS) is 11.3. The number of hydrogen-bond acceptors (Lipinski definition) is 1. The summed E-state index contributed by atoms with van der Waals surface area (Å²) in [6.45, 7) is -0.843. The molecular weight excluding hydrogens is 229 g/mol. The van der Waals surface area contributed by atoms with Crippen LogP contribution in [-0.4, -0.2) is 12.0 Å². The summed E-state index contributed by atoms with van der Waals surface area (Å²) in [7, 11) is 0. The van der Waals surface area contributed by atoms with Gasteiger partial charge in [0.1, 0.15) is 0 Å². The van der Waals surface area contributed by atoms with E-state index in [1.165, 1.54) is 12.3 Å². The monoisotopic (exact) mass is 241 g/mol. The number of hydrogen-bond donors (Lipinski definition) is 0. The molecule has 0 spiro atoms. The molecular formula is C9H12BF3KN. The Labute approximate surface area is 130 Å². The van der Waals surface area contributed by atoms with Gasteiger partial charge in [-0.1, -0.05) is 31.8 Å². The van der Waals surface area contributed by atoms with Crippen molar-refractivity contribution in [3.05, 3.63) is 29.6 Å². The van der Waals surface area contributed by atoms with Crippen molar-refractivity contribution in [3.8, 4) is 0 Å². The van der Waals surface area contributed by atoms with E-state index in [1.54, 1.807) is 6.07 Å². The molecule has 0 bridgehead atoms. The molecule has 1 aromatic rings. The Kier molecular flexibility index (Phi) is 6.67. The van der Waals surface area contributed by atoms with Crippen LogP contribution in [0, 0.1) is 0 Å². The van der Waals surface area contributed by atoms with Gasteiger partial charge in [-0.25, -0.2) is 0 Å². The number of rotatable bonds is 3. The van der Waals surface area contributed by atoms with E-state index in [9.17, 15) is 12.9 Å². The summed E-state index contributed by atoms with van der Waals surface area (Å²) in [6, 6.07) is 3.15. The van der Waals surface area contributed by atoms with Gasteiger partial charge in [-0.2, -0.15) is 0 Å². The summed E-state index contributed by atoms with van der Waals surface area (Å²) in [5.41, 5.74) is 1.06. The van der Waals surface area contributed by atoms with Crippen LogP contribution in [0.1, 0.15) is 31.0 Å². The van der Waals surface area contributed by atoms with Crippen molar-refractivity contribution in [1.29, 1.82) is 0 Å². The SMILES string of the molecule is CC(C)c1ccc(C[B-](F)(F)F)cn1.[K+]. The van der Waals surface area contributed by atoms with Gasteiger partial charge in [0.15, 0.2) is 0 Å². The molecule has 15 heavy (non-hydrogen) atoms. The van der Waals surface area contributed by atoms with Gasteiger partial charge in [-0.05, 0) is 12.0 Å². The van der Waals surface area contributed by atoms with Gasteiger partial charge >= 0.3 is 58.4 Å². The molecule has 1 aromatic heterocycles. The Morgan fingerprint density at radius 1 is 1.27 bits per heavy atom. The van der Waals surface area contributed by atoms with Crippen molar-refractivity contribution in [2.75, 3.05) is 0 Å². The zero-order valence-electron chi connectivity index (χ0n) is 9.17. The minimum Gasteiger partial charge on any atom is -0.449 e. The van der Waals surface area contributed by atoms with Crippen LogP contribution in [0.4, 0.5) is 12.9 Å². The first-order valence-corrected chi connectivity index (χ1v) is 4.54. The summed E-state index contributed by atoms with van der Waals surface area (Å²) in [4.78, 5) is 3.97. The molecule has 0 saturated heterocycles. The summed E-state index contributed by atoms with van der Waals surface area (Å²) >= 11 is 0. The molecule has 0 aliphatic carbocycles. The van der Waals surface area contributed by atoms with Gasteiger partial charge in [0.25, 0.3) is 0 Å². The molecule has 0 aromatic carbocycles. The van der Waals surface area contributed by atoms with Gasteiger partial charge in [0.05, 0.1) is 0 Å². The summed E-state index contributed by atoms with van der Waals surface area (Å²) in [5.74, 6) is 0.250.